The Kier molecular flexibility index (Phi) is 7.43. The third-order valence-corrected chi connectivity index (χ3v) is 8.40. The van der Waals surface area contributed by atoms with Gasteiger partial charge in [-0.15, -0.1) is 35.1 Å². The van der Waals surface area contributed by atoms with E-state index in [4.69, 9.17) is 4.74 Å². The van der Waals surface area contributed by atoms with Crippen LogP contribution in [-0.4, -0.2) is 29.7 Å². The lowest BCUT2D eigenvalue weighted by molar-refractivity contribution is 0.0527. The zero-order valence-electron chi connectivity index (χ0n) is 18.4. The molecule has 0 saturated heterocycles. The van der Waals surface area contributed by atoms with E-state index >= 15 is 0 Å². The summed E-state index contributed by atoms with van der Waals surface area (Å²) in [4.78, 5) is 27.9. The molecule has 0 saturated carbocycles. The zero-order chi connectivity index (χ0) is 22.1. The molecule has 2 amide bonds. The number of esters is 1. The second-order valence-electron chi connectivity index (χ2n) is 7.89. The number of aromatic nitrogens is 1. The van der Waals surface area contributed by atoms with Crippen molar-refractivity contribution in [2.24, 2.45) is 0 Å². The van der Waals surface area contributed by atoms with Gasteiger partial charge in [0.1, 0.15) is 10.0 Å². The molecular weight excluding hydrogens is 480 g/mol. The Hall–Kier alpha value is -2.33. The normalized spacial score (nSPS) is 14.2. The summed E-state index contributed by atoms with van der Waals surface area (Å²) in [5, 5.41) is 11.1. The van der Waals surface area contributed by atoms with Gasteiger partial charge in [0.2, 0.25) is 0 Å². The second-order valence-corrected chi connectivity index (χ2v) is 10.1. The van der Waals surface area contributed by atoms with E-state index in [9.17, 15) is 9.59 Å². The van der Waals surface area contributed by atoms with Gasteiger partial charge in [-0.3, -0.25) is 5.32 Å². The van der Waals surface area contributed by atoms with Gasteiger partial charge < -0.3 is 19.9 Å². The minimum absolute atomic E-state index is 0. The van der Waals surface area contributed by atoms with Crippen LogP contribution in [0.5, 0.6) is 0 Å². The number of aryl methyl sites for hydroxylation is 1. The monoisotopic (exact) mass is 506 g/mol. The lowest BCUT2D eigenvalue weighted by Gasteiger charge is -2.15. The van der Waals surface area contributed by atoms with Crippen LogP contribution in [0.25, 0.3) is 5.00 Å². The summed E-state index contributed by atoms with van der Waals surface area (Å²) in [6.07, 6.45) is 7.88. The van der Waals surface area contributed by atoms with Crippen LogP contribution in [0, 0.1) is 0 Å². The van der Waals surface area contributed by atoms with E-state index in [0.29, 0.717) is 23.7 Å². The fourth-order valence-corrected chi connectivity index (χ4v) is 7.05. The predicted octanol–water partition coefficient (Wildman–Crippen LogP) is 4.65. The Bertz CT molecular complexity index is 1150. The molecule has 3 N–H and O–H groups in total. The number of anilines is 1. The molecule has 1 aliphatic heterocycles. The number of fused-ring (bicyclic) bond motifs is 2. The van der Waals surface area contributed by atoms with Gasteiger partial charge in [-0.2, -0.15) is 0 Å². The Morgan fingerprint density at radius 2 is 1.94 bits per heavy atom. The van der Waals surface area contributed by atoms with Gasteiger partial charge in [0, 0.05) is 40.8 Å². The van der Waals surface area contributed by atoms with Gasteiger partial charge in [0.05, 0.1) is 12.2 Å². The molecule has 0 unspecified atom stereocenters. The number of nitrogens with zero attached hydrogens (tertiary/aromatic N) is 1. The molecule has 0 spiro atoms. The lowest BCUT2D eigenvalue weighted by atomic mass is 10.0. The Morgan fingerprint density at radius 1 is 1.12 bits per heavy atom. The number of carbonyl (C=O) groups is 2. The summed E-state index contributed by atoms with van der Waals surface area (Å²) < 4.78 is 7.37. The number of halogens is 1. The van der Waals surface area contributed by atoms with Crippen LogP contribution in [0.15, 0.2) is 24.5 Å². The van der Waals surface area contributed by atoms with Crippen molar-refractivity contribution >= 4 is 52.1 Å². The summed E-state index contributed by atoms with van der Waals surface area (Å²) in [7, 11) is 0. The first-order valence-corrected chi connectivity index (χ1v) is 12.6. The van der Waals surface area contributed by atoms with Gasteiger partial charge in [0.25, 0.3) is 0 Å². The van der Waals surface area contributed by atoms with Crippen LogP contribution in [0.3, 0.4) is 0 Å². The first-order chi connectivity index (χ1) is 15.7. The van der Waals surface area contributed by atoms with Gasteiger partial charge >= 0.3 is 12.0 Å². The molecule has 33 heavy (non-hydrogen) atoms. The molecule has 0 radical (unpaired) electrons. The molecule has 3 aromatic rings. The summed E-state index contributed by atoms with van der Waals surface area (Å²) in [6, 6.07) is 3.71. The maximum absolute atomic E-state index is 12.8. The van der Waals surface area contributed by atoms with Crippen LogP contribution in [-0.2, 0) is 37.1 Å². The number of ether oxygens (including phenoxy) is 1. The molecule has 5 rings (SSSR count). The van der Waals surface area contributed by atoms with Gasteiger partial charge in [-0.25, -0.2) is 9.59 Å². The smallest absolute Gasteiger partial charge is 0.341 e. The van der Waals surface area contributed by atoms with E-state index in [0.717, 1.165) is 54.9 Å². The number of rotatable bonds is 6. The van der Waals surface area contributed by atoms with Crippen LogP contribution in [0.4, 0.5) is 9.80 Å². The molecule has 0 bridgehead atoms. The molecule has 0 fully saturated rings. The molecule has 176 valence electrons. The number of nitrogens with one attached hydrogen (secondary N) is 3. The third-order valence-electron chi connectivity index (χ3n) is 5.91. The van der Waals surface area contributed by atoms with Crippen molar-refractivity contribution in [3.63, 3.8) is 0 Å². The predicted molar refractivity (Wildman–Crippen MR) is 134 cm³/mol. The number of hydrogen-bond acceptors (Lipinski definition) is 6. The van der Waals surface area contributed by atoms with Crippen molar-refractivity contribution in [2.45, 2.75) is 45.7 Å². The highest BCUT2D eigenvalue weighted by atomic mass is 35.5. The third kappa shape index (κ3) is 4.68. The molecular formula is C23H27ClN4O3S2. The summed E-state index contributed by atoms with van der Waals surface area (Å²) in [6.45, 7) is 4.35. The summed E-state index contributed by atoms with van der Waals surface area (Å²) in [5.74, 6) is -0.350. The van der Waals surface area contributed by atoms with Crippen molar-refractivity contribution < 1.29 is 14.3 Å². The zero-order valence-corrected chi connectivity index (χ0v) is 20.8. The quantitative estimate of drug-likeness (QED) is 0.425. The van der Waals surface area contributed by atoms with Gasteiger partial charge in [-0.05, 0) is 62.4 Å². The standard InChI is InChI=1S/C23H26N4O3S2.ClH/c1-2-30-22(28)19-15-6-5-7-17(15)31-20(19)26-23(29)25-12-16-14-8-9-24-13-18(14)32-21(16)27-10-3-4-11-27;/h3-4,10-11,24H,2,5-9,12-13H2,1H3,(H2,25,26,29);1H. The fraction of sp³-hybridized carbons (Fsp3) is 0.391. The number of carbonyl (C=O) groups excluding carboxylic acids is 2. The fourth-order valence-electron chi connectivity index (χ4n) is 4.47. The largest absolute Gasteiger partial charge is 0.462 e. The molecule has 3 aromatic heterocycles. The highest BCUT2D eigenvalue weighted by Gasteiger charge is 2.28. The van der Waals surface area contributed by atoms with Crippen molar-refractivity contribution in [1.29, 1.82) is 0 Å². The Labute approximate surface area is 206 Å². The second kappa shape index (κ2) is 10.3. The Morgan fingerprint density at radius 3 is 2.73 bits per heavy atom. The van der Waals surface area contributed by atoms with Crippen LogP contribution in [0.2, 0.25) is 0 Å². The number of amides is 2. The van der Waals surface area contributed by atoms with E-state index < -0.39 is 0 Å². The van der Waals surface area contributed by atoms with Crippen molar-refractivity contribution in [1.82, 2.24) is 15.2 Å². The van der Waals surface area contributed by atoms with E-state index in [1.54, 1.807) is 18.3 Å². The maximum Gasteiger partial charge on any atom is 0.341 e. The first kappa shape index (κ1) is 23.8. The lowest BCUT2D eigenvalue weighted by Crippen LogP contribution is -2.30. The van der Waals surface area contributed by atoms with Crippen LogP contribution < -0.4 is 16.0 Å². The van der Waals surface area contributed by atoms with Crippen LogP contribution >= 0.6 is 35.1 Å². The molecule has 4 heterocycles. The van der Waals surface area contributed by atoms with Gasteiger partial charge in [-0.1, -0.05) is 0 Å². The van der Waals surface area contributed by atoms with E-state index in [1.807, 2.05) is 24.5 Å². The maximum atomic E-state index is 12.8. The first-order valence-electron chi connectivity index (χ1n) is 11.0. The minimum atomic E-state index is -0.350. The number of urea groups is 1. The van der Waals surface area contributed by atoms with E-state index in [1.165, 1.54) is 26.7 Å². The molecule has 2 aliphatic rings. The highest BCUT2D eigenvalue weighted by molar-refractivity contribution is 7.17. The van der Waals surface area contributed by atoms with E-state index in [-0.39, 0.29) is 24.4 Å². The van der Waals surface area contributed by atoms with Crippen molar-refractivity contribution in [3.8, 4) is 5.00 Å². The Balaban J connectivity index is 0.00000259. The van der Waals surface area contributed by atoms with Crippen molar-refractivity contribution in [3.05, 3.63) is 56.5 Å². The summed E-state index contributed by atoms with van der Waals surface area (Å²) >= 11 is 3.27. The van der Waals surface area contributed by atoms with Gasteiger partial charge in [0.15, 0.2) is 0 Å². The molecule has 10 heteroatoms. The molecule has 1 aliphatic carbocycles. The van der Waals surface area contributed by atoms with E-state index in [2.05, 4.69) is 20.5 Å². The highest BCUT2D eigenvalue weighted by Crippen LogP contribution is 2.39. The average Bonchev–Trinajstić information content (AvgIpc) is 3.55. The number of thiophene rings is 2. The van der Waals surface area contributed by atoms with Crippen molar-refractivity contribution in [2.75, 3.05) is 18.5 Å². The summed E-state index contributed by atoms with van der Waals surface area (Å²) in [5.41, 5.74) is 4.07. The average molecular weight is 507 g/mol. The van der Waals surface area contributed by atoms with Crippen LogP contribution in [0.1, 0.15) is 50.1 Å². The number of hydrogen-bond donors (Lipinski definition) is 3. The molecule has 7 nitrogen and oxygen atoms in total. The topological polar surface area (TPSA) is 84.4 Å². The minimum Gasteiger partial charge on any atom is -0.462 e. The SMILES string of the molecule is CCOC(=O)c1c(NC(=O)NCc2c(-n3cccc3)sc3c2CCNC3)sc2c1CCC2.Cl. The molecule has 0 aromatic carbocycles. The molecule has 0 atom stereocenters.